The van der Waals surface area contributed by atoms with Gasteiger partial charge in [-0.25, -0.2) is 9.98 Å². The van der Waals surface area contributed by atoms with E-state index < -0.39 is 0 Å². The molecule has 2 heterocycles. The van der Waals surface area contributed by atoms with Crippen LogP contribution in [0.2, 0.25) is 0 Å². The van der Waals surface area contributed by atoms with Crippen LogP contribution in [0.3, 0.4) is 0 Å². The number of hydrogen-bond donors (Lipinski definition) is 1. The molecule has 1 aromatic heterocycles. The van der Waals surface area contributed by atoms with Crippen LogP contribution in [0.1, 0.15) is 22.9 Å². The summed E-state index contributed by atoms with van der Waals surface area (Å²) in [7, 11) is 0. The summed E-state index contributed by atoms with van der Waals surface area (Å²) in [6, 6.07) is 78.3. The van der Waals surface area contributed by atoms with Crippen molar-refractivity contribution in [2.75, 3.05) is 0 Å². The SMILES string of the molecule is c1ccc(C2=NC(c3ccc4cc(-c5ccccc5)ccc4c3)NC(c3cccc(-c4ccc(-n5c6cc7ccccc7cc6c6ccc7ccccc7c65)cc4)c3)=N2)cc1. The second-order valence-corrected chi connectivity index (χ2v) is 15.9. The highest BCUT2D eigenvalue weighted by Gasteiger charge is 2.22. The van der Waals surface area contributed by atoms with Crippen LogP contribution in [0.5, 0.6) is 0 Å². The lowest BCUT2D eigenvalue weighted by Gasteiger charge is -2.24. The monoisotopic (exact) mass is 778 g/mol. The van der Waals surface area contributed by atoms with E-state index in [1.165, 1.54) is 65.3 Å². The predicted molar refractivity (Wildman–Crippen MR) is 256 cm³/mol. The molecule has 1 aliphatic rings. The molecule has 1 aliphatic heterocycles. The largest absolute Gasteiger partial charge is 0.344 e. The summed E-state index contributed by atoms with van der Waals surface area (Å²) in [5.41, 5.74) is 11.3. The van der Waals surface area contributed by atoms with Crippen molar-refractivity contribution < 1.29 is 0 Å². The predicted octanol–water partition coefficient (Wildman–Crippen LogP) is 14.1. The average molecular weight is 779 g/mol. The van der Waals surface area contributed by atoms with Crippen LogP contribution < -0.4 is 5.32 Å². The maximum atomic E-state index is 5.18. The summed E-state index contributed by atoms with van der Waals surface area (Å²) < 4.78 is 2.44. The molecule has 0 fully saturated rings. The zero-order valence-electron chi connectivity index (χ0n) is 33.2. The fourth-order valence-corrected chi connectivity index (χ4v) is 9.11. The van der Waals surface area contributed by atoms with E-state index in [1.807, 2.05) is 18.2 Å². The Morgan fingerprint density at radius 1 is 0.377 bits per heavy atom. The third-order valence-electron chi connectivity index (χ3n) is 12.2. The van der Waals surface area contributed by atoms with Crippen LogP contribution in [0.15, 0.2) is 228 Å². The quantitative estimate of drug-likeness (QED) is 0.179. The van der Waals surface area contributed by atoms with Gasteiger partial charge in [0, 0.05) is 33.0 Å². The first-order valence-electron chi connectivity index (χ1n) is 20.8. The number of nitrogens with one attached hydrogen (secondary N) is 1. The zero-order chi connectivity index (χ0) is 40.3. The van der Waals surface area contributed by atoms with Crippen molar-refractivity contribution in [3.05, 3.63) is 235 Å². The summed E-state index contributed by atoms with van der Waals surface area (Å²) in [6.07, 6.45) is -0.316. The minimum atomic E-state index is -0.316. The topological polar surface area (TPSA) is 41.7 Å². The Labute approximate surface area is 353 Å². The Balaban J connectivity index is 0.911. The lowest BCUT2D eigenvalue weighted by Crippen LogP contribution is -2.33. The molecule has 0 amide bonds. The second-order valence-electron chi connectivity index (χ2n) is 15.9. The summed E-state index contributed by atoms with van der Waals surface area (Å²) in [5, 5.41) is 13.6. The van der Waals surface area contributed by atoms with Crippen LogP contribution in [0, 0.1) is 0 Å². The summed E-state index contributed by atoms with van der Waals surface area (Å²) in [5.74, 6) is 1.50. The van der Waals surface area contributed by atoms with E-state index in [9.17, 15) is 0 Å². The Morgan fingerprint density at radius 3 is 1.79 bits per heavy atom. The Morgan fingerprint density at radius 2 is 0.967 bits per heavy atom. The van der Waals surface area contributed by atoms with E-state index in [4.69, 9.17) is 9.98 Å². The van der Waals surface area contributed by atoms with Gasteiger partial charge >= 0.3 is 0 Å². The van der Waals surface area contributed by atoms with Crippen LogP contribution >= 0.6 is 0 Å². The van der Waals surface area contributed by atoms with Gasteiger partial charge in [0.25, 0.3) is 0 Å². The molecule has 0 radical (unpaired) electrons. The van der Waals surface area contributed by atoms with Gasteiger partial charge in [0.2, 0.25) is 0 Å². The number of benzene rings is 10. The smallest absolute Gasteiger partial charge is 0.159 e. The van der Waals surface area contributed by atoms with E-state index in [1.54, 1.807) is 0 Å². The highest BCUT2D eigenvalue weighted by Crippen LogP contribution is 2.39. The van der Waals surface area contributed by atoms with E-state index in [0.717, 1.165) is 39.3 Å². The number of rotatable bonds is 6. The number of hydrogen-bond acceptors (Lipinski definition) is 3. The van der Waals surface area contributed by atoms with Gasteiger partial charge in [-0.1, -0.05) is 176 Å². The molecular weight excluding hydrogens is 741 g/mol. The first kappa shape index (κ1) is 34.9. The van der Waals surface area contributed by atoms with E-state index in [-0.39, 0.29) is 6.17 Å². The lowest BCUT2D eigenvalue weighted by molar-refractivity contribution is 0.675. The molecule has 4 heteroatoms. The number of aliphatic imine (C=N–C) groups is 2. The van der Waals surface area contributed by atoms with Crippen molar-refractivity contribution in [3.8, 4) is 27.9 Å². The molecule has 286 valence electrons. The van der Waals surface area contributed by atoms with Crippen LogP contribution in [0.4, 0.5) is 0 Å². The summed E-state index contributed by atoms with van der Waals surface area (Å²) in [6.45, 7) is 0. The number of amidine groups is 2. The third kappa shape index (κ3) is 6.16. The molecule has 0 saturated carbocycles. The van der Waals surface area contributed by atoms with Crippen molar-refractivity contribution in [3.63, 3.8) is 0 Å². The van der Waals surface area contributed by atoms with Crippen molar-refractivity contribution in [1.82, 2.24) is 9.88 Å². The molecule has 61 heavy (non-hydrogen) atoms. The molecule has 0 spiro atoms. The maximum absolute atomic E-state index is 5.18. The third-order valence-corrected chi connectivity index (χ3v) is 12.2. The maximum Gasteiger partial charge on any atom is 0.159 e. The van der Waals surface area contributed by atoms with Crippen LogP contribution in [-0.2, 0) is 0 Å². The molecule has 12 rings (SSSR count). The van der Waals surface area contributed by atoms with Crippen molar-refractivity contribution in [1.29, 1.82) is 0 Å². The minimum Gasteiger partial charge on any atom is -0.344 e. The highest BCUT2D eigenvalue weighted by atomic mass is 15.2. The molecule has 10 aromatic carbocycles. The normalized spacial score (nSPS) is 14.1. The standard InChI is InChI=1S/C57H38N4/c1-3-12-37(13-4-1)44-22-23-46-34-48(25-24-45(46)32-44)57-59-55(40-15-5-2-6-16-40)58-56(60-57)47-20-11-19-41(33-47)38-26-29-49(30-27-38)61-53-36-43-18-8-7-17-42(43)35-52(53)51-31-28-39-14-9-10-21-50(39)54(51)61/h1-36,57H,(H,58,59,60). The van der Waals surface area contributed by atoms with E-state index >= 15 is 0 Å². The van der Waals surface area contributed by atoms with Crippen LogP contribution in [-0.4, -0.2) is 16.2 Å². The summed E-state index contributed by atoms with van der Waals surface area (Å²) in [4.78, 5) is 10.3. The van der Waals surface area contributed by atoms with Gasteiger partial charge in [0.15, 0.2) is 5.84 Å². The van der Waals surface area contributed by atoms with Gasteiger partial charge in [0.05, 0.1) is 11.0 Å². The summed E-state index contributed by atoms with van der Waals surface area (Å²) >= 11 is 0. The molecular formula is C57H38N4. The van der Waals surface area contributed by atoms with Crippen molar-refractivity contribution >= 4 is 65.8 Å². The number of nitrogens with zero attached hydrogens (tertiary/aromatic N) is 3. The van der Waals surface area contributed by atoms with E-state index in [2.05, 4.69) is 210 Å². The average Bonchev–Trinajstić information content (AvgIpc) is 3.67. The van der Waals surface area contributed by atoms with Gasteiger partial charge in [-0.15, -0.1) is 0 Å². The fourth-order valence-electron chi connectivity index (χ4n) is 9.11. The van der Waals surface area contributed by atoms with Gasteiger partial charge in [-0.3, -0.25) is 0 Å². The Hall–Kier alpha value is -8.08. The molecule has 1 unspecified atom stereocenters. The number of fused-ring (bicyclic) bond motifs is 7. The highest BCUT2D eigenvalue weighted by molar-refractivity contribution is 6.21. The van der Waals surface area contributed by atoms with Crippen molar-refractivity contribution in [2.24, 2.45) is 9.98 Å². The second kappa shape index (κ2) is 14.3. The Bertz CT molecular complexity index is 3540. The molecule has 1 atom stereocenters. The first-order chi connectivity index (χ1) is 30.2. The van der Waals surface area contributed by atoms with Gasteiger partial charge in [0.1, 0.15) is 12.0 Å². The molecule has 11 aromatic rings. The van der Waals surface area contributed by atoms with Crippen molar-refractivity contribution in [2.45, 2.75) is 6.17 Å². The Kier molecular flexibility index (Phi) is 8.20. The zero-order valence-corrected chi connectivity index (χ0v) is 33.2. The molecule has 0 aliphatic carbocycles. The minimum absolute atomic E-state index is 0.316. The van der Waals surface area contributed by atoms with Gasteiger partial charge in [-0.05, 0) is 97.2 Å². The first-order valence-corrected chi connectivity index (χ1v) is 20.8. The van der Waals surface area contributed by atoms with Crippen LogP contribution in [0.25, 0.3) is 82.1 Å². The molecule has 4 nitrogen and oxygen atoms in total. The molecule has 0 bridgehead atoms. The van der Waals surface area contributed by atoms with Gasteiger partial charge in [-0.2, -0.15) is 0 Å². The fraction of sp³-hybridized carbons (Fsp3) is 0.0175. The number of aromatic nitrogens is 1. The van der Waals surface area contributed by atoms with Gasteiger partial charge < -0.3 is 9.88 Å². The lowest BCUT2D eigenvalue weighted by atomic mass is 9.99. The molecule has 1 N–H and O–H groups in total. The molecule has 0 saturated heterocycles. The van der Waals surface area contributed by atoms with E-state index in [0.29, 0.717) is 5.84 Å².